The first-order chi connectivity index (χ1) is 6.45. The first-order valence-electron chi connectivity index (χ1n) is 4.40. The van der Waals surface area contributed by atoms with E-state index in [0.717, 1.165) is 0 Å². The second-order valence-electron chi connectivity index (χ2n) is 3.41. The van der Waals surface area contributed by atoms with E-state index in [1.54, 1.807) is 13.8 Å². The summed E-state index contributed by atoms with van der Waals surface area (Å²) in [5.41, 5.74) is 6.48. The molecule has 0 spiro atoms. The molecule has 5 N–H and O–H groups in total. The lowest BCUT2D eigenvalue weighted by molar-refractivity contribution is 0.162. The molecule has 0 amide bonds. The maximum atomic E-state index is 9.65. The summed E-state index contributed by atoms with van der Waals surface area (Å²) in [4.78, 5) is 0. The van der Waals surface area contributed by atoms with Gasteiger partial charge in [-0.2, -0.15) is 0 Å². The van der Waals surface area contributed by atoms with Crippen LogP contribution in [0.15, 0.2) is 12.1 Å². The number of nitrogens with two attached hydrogens (primary N) is 1. The van der Waals surface area contributed by atoms with Crippen molar-refractivity contribution in [3.8, 4) is 11.5 Å². The van der Waals surface area contributed by atoms with Crippen LogP contribution >= 0.6 is 0 Å². The van der Waals surface area contributed by atoms with Crippen molar-refractivity contribution in [2.24, 2.45) is 5.73 Å². The number of phenolic OH excluding ortho intramolecular Hbond substituents is 2. The number of aliphatic hydroxyl groups is 1. The zero-order chi connectivity index (χ0) is 10.9. The topological polar surface area (TPSA) is 86.7 Å². The minimum atomic E-state index is -0.746. The Labute approximate surface area is 82.6 Å². The first-order valence-corrected chi connectivity index (χ1v) is 4.40. The van der Waals surface area contributed by atoms with E-state index in [1.165, 1.54) is 12.1 Å². The lowest BCUT2D eigenvalue weighted by Crippen LogP contribution is -2.23. The molecule has 1 aromatic carbocycles. The summed E-state index contributed by atoms with van der Waals surface area (Å²) in [5.74, 6) is -0.0394. The van der Waals surface area contributed by atoms with Gasteiger partial charge in [-0.05, 0) is 26.0 Å². The normalized spacial score (nSPS) is 15.1. The molecule has 0 aliphatic carbocycles. The van der Waals surface area contributed by atoms with Gasteiger partial charge in [0, 0.05) is 11.1 Å². The molecule has 0 saturated carbocycles. The van der Waals surface area contributed by atoms with Crippen molar-refractivity contribution in [2.75, 3.05) is 0 Å². The van der Waals surface area contributed by atoms with E-state index in [9.17, 15) is 15.3 Å². The fourth-order valence-corrected chi connectivity index (χ4v) is 1.24. The summed E-state index contributed by atoms with van der Waals surface area (Å²) in [7, 11) is 0. The number of aromatic hydroxyl groups is 2. The van der Waals surface area contributed by atoms with Gasteiger partial charge in [0.25, 0.3) is 0 Å². The van der Waals surface area contributed by atoms with Gasteiger partial charge in [-0.25, -0.2) is 0 Å². The van der Waals surface area contributed by atoms with Gasteiger partial charge in [0.15, 0.2) is 0 Å². The third kappa shape index (κ3) is 1.81. The van der Waals surface area contributed by atoms with Crippen LogP contribution in [0.2, 0.25) is 0 Å². The van der Waals surface area contributed by atoms with Crippen LogP contribution in [0.5, 0.6) is 11.5 Å². The van der Waals surface area contributed by atoms with Gasteiger partial charge in [0.05, 0.1) is 12.1 Å². The molecule has 14 heavy (non-hydrogen) atoms. The zero-order valence-electron chi connectivity index (χ0n) is 8.23. The molecule has 0 bridgehead atoms. The number of benzene rings is 1. The molecule has 78 valence electrons. The van der Waals surface area contributed by atoms with Crippen molar-refractivity contribution < 1.29 is 15.3 Å². The highest BCUT2D eigenvalue weighted by Gasteiger charge is 2.18. The minimum Gasteiger partial charge on any atom is -0.508 e. The van der Waals surface area contributed by atoms with Crippen LogP contribution in [0.4, 0.5) is 0 Å². The van der Waals surface area contributed by atoms with E-state index in [2.05, 4.69) is 0 Å². The van der Waals surface area contributed by atoms with Crippen molar-refractivity contribution in [1.29, 1.82) is 0 Å². The third-order valence-electron chi connectivity index (χ3n) is 2.31. The summed E-state index contributed by atoms with van der Waals surface area (Å²) in [6.45, 7) is 3.13. The number of rotatable bonds is 2. The summed E-state index contributed by atoms with van der Waals surface area (Å²) < 4.78 is 0. The van der Waals surface area contributed by atoms with Gasteiger partial charge in [-0.15, -0.1) is 0 Å². The first kappa shape index (κ1) is 10.8. The van der Waals surface area contributed by atoms with Crippen LogP contribution in [0, 0.1) is 6.92 Å². The molecule has 1 aromatic rings. The van der Waals surface area contributed by atoms with Crippen LogP contribution < -0.4 is 5.73 Å². The highest BCUT2D eigenvalue weighted by Crippen LogP contribution is 2.33. The van der Waals surface area contributed by atoms with E-state index < -0.39 is 12.1 Å². The van der Waals surface area contributed by atoms with E-state index >= 15 is 0 Å². The fourth-order valence-electron chi connectivity index (χ4n) is 1.24. The van der Waals surface area contributed by atoms with Crippen LogP contribution in [0.25, 0.3) is 0 Å². The van der Waals surface area contributed by atoms with E-state index in [1.807, 2.05) is 0 Å². The summed E-state index contributed by atoms with van der Waals surface area (Å²) >= 11 is 0. The predicted octanol–water partition coefficient (Wildman–Crippen LogP) is 0.787. The molecule has 2 atom stereocenters. The Morgan fingerprint density at radius 1 is 1.29 bits per heavy atom. The SMILES string of the molecule is Cc1c(O)ccc([C@H](N)[C@H](C)O)c1O. The maximum absolute atomic E-state index is 9.65. The molecule has 0 saturated heterocycles. The molecule has 0 aliphatic rings. The lowest BCUT2D eigenvalue weighted by atomic mass is 9.99. The molecule has 1 rings (SSSR count). The molecule has 0 aliphatic heterocycles. The number of hydrogen-bond donors (Lipinski definition) is 4. The minimum absolute atomic E-state index is 0.0176. The van der Waals surface area contributed by atoms with Crippen molar-refractivity contribution in [3.63, 3.8) is 0 Å². The second kappa shape index (κ2) is 3.86. The number of hydrogen-bond acceptors (Lipinski definition) is 4. The predicted molar refractivity (Wildman–Crippen MR) is 53.1 cm³/mol. The Hall–Kier alpha value is -1.26. The number of phenols is 2. The van der Waals surface area contributed by atoms with Crippen molar-refractivity contribution in [3.05, 3.63) is 23.3 Å². The smallest absolute Gasteiger partial charge is 0.127 e. The van der Waals surface area contributed by atoms with Gasteiger partial charge in [0.1, 0.15) is 11.5 Å². The van der Waals surface area contributed by atoms with Gasteiger partial charge in [-0.3, -0.25) is 0 Å². The lowest BCUT2D eigenvalue weighted by Gasteiger charge is -2.17. The van der Waals surface area contributed by atoms with Gasteiger partial charge < -0.3 is 21.1 Å². The highest BCUT2D eigenvalue weighted by molar-refractivity contribution is 5.48. The average molecular weight is 197 g/mol. The molecule has 4 nitrogen and oxygen atoms in total. The molecule has 0 aromatic heterocycles. The molecule has 0 heterocycles. The summed E-state index contributed by atoms with van der Waals surface area (Å²) in [6.07, 6.45) is -0.746. The van der Waals surface area contributed by atoms with Gasteiger partial charge >= 0.3 is 0 Å². The second-order valence-corrected chi connectivity index (χ2v) is 3.41. The monoisotopic (exact) mass is 197 g/mol. The van der Waals surface area contributed by atoms with Crippen molar-refractivity contribution in [2.45, 2.75) is 26.0 Å². The Morgan fingerprint density at radius 2 is 1.86 bits per heavy atom. The van der Waals surface area contributed by atoms with E-state index in [-0.39, 0.29) is 11.5 Å². The van der Waals surface area contributed by atoms with Gasteiger partial charge in [0.2, 0.25) is 0 Å². The Kier molecular flexibility index (Phi) is 2.98. The third-order valence-corrected chi connectivity index (χ3v) is 2.31. The Balaban J connectivity index is 3.17. The van der Waals surface area contributed by atoms with Crippen molar-refractivity contribution >= 4 is 0 Å². The maximum Gasteiger partial charge on any atom is 0.127 e. The largest absolute Gasteiger partial charge is 0.508 e. The summed E-state index contributed by atoms with van der Waals surface area (Å²) in [6, 6.07) is 2.32. The number of aliphatic hydroxyl groups excluding tert-OH is 1. The average Bonchev–Trinajstić information content (AvgIpc) is 2.13. The molecule has 0 radical (unpaired) electrons. The molecular weight excluding hydrogens is 182 g/mol. The van der Waals surface area contributed by atoms with Gasteiger partial charge in [-0.1, -0.05) is 0 Å². The fraction of sp³-hybridized carbons (Fsp3) is 0.400. The molecular formula is C10H15NO3. The van der Waals surface area contributed by atoms with E-state index in [0.29, 0.717) is 11.1 Å². The standard InChI is InChI=1S/C10H15NO3/c1-5-8(13)4-3-7(10(5)14)9(11)6(2)12/h3-4,6,9,12-14H,11H2,1-2H3/t6-,9+/m0/s1. The Morgan fingerprint density at radius 3 is 2.36 bits per heavy atom. The zero-order valence-corrected chi connectivity index (χ0v) is 8.23. The molecule has 4 heteroatoms. The van der Waals surface area contributed by atoms with Crippen LogP contribution in [0.3, 0.4) is 0 Å². The molecule has 0 unspecified atom stereocenters. The quantitative estimate of drug-likeness (QED) is 0.564. The highest BCUT2D eigenvalue weighted by atomic mass is 16.3. The van der Waals surface area contributed by atoms with Crippen LogP contribution in [0.1, 0.15) is 24.1 Å². The summed E-state index contributed by atoms with van der Waals surface area (Å²) in [5, 5.41) is 28.2. The Bertz CT molecular complexity index is 336. The van der Waals surface area contributed by atoms with Crippen LogP contribution in [-0.4, -0.2) is 21.4 Å². The van der Waals surface area contributed by atoms with E-state index in [4.69, 9.17) is 5.73 Å². The van der Waals surface area contributed by atoms with Crippen LogP contribution in [-0.2, 0) is 0 Å². The van der Waals surface area contributed by atoms with Crippen molar-refractivity contribution in [1.82, 2.24) is 0 Å². The molecule has 0 fully saturated rings.